The first-order valence-corrected chi connectivity index (χ1v) is 15.8. The van der Waals surface area contributed by atoms with E-state index in [0.717, 1.165) is 39.1 Å². The normalized spacial score (nSPS) is 18.4. The lowest BCUT2D eigenvalue weighted by atomic mass is 9.89. The number of hydrogen-bond acceptors (Lipinski definition) is 6. The summed E-state index contributed by atoms with van der Waals surface area (Å²) in [5.41, 5.74) is 6.39. The summed E-state index contributed by atoms with van der Waals surface area (Å²) in [6, 6.07) is 18.0. The van der Waals surface area contributed by atoms with Gasteiger partial charge in [-0.15, -0.1) is 0 Å². The van der Waals surface area contributed by atoms with E-state index in [1.54, 1.807) is 6.92 Å². The molecule has 2 aliphatic heterocycles. The molecule has 41 heavy (non-hydrogen) atoms. The molecular formula is C32H37NO7S. The summed E-state index contributed by atoms with van der Waals surface area (Å²) >= 11 is 0. The predicted octanol–water partition coefficient (Wildman–Crippen LogP) is 5.55. The zero-order valence-electron chi connectivity index (χ0n) is 23.9. The second kappa shape index (κ2) is 11.7. The number of piperidine rings is 1. The highest BCUT2D eigenvalue weighted by Crippen LogP contribution is 2.40. The SMILES string of the molecule is Cc1cc(OC2CCN(S(C)(=O)=O)CC2)cc(C)c1-c1cccc(COc2ccc3c(c2)OCC3C(C)C(=O)O)c1. The molecule has 2 atom stereocenters. The standard InChI is InChI=1S/C32H37NO7S/c1-20-14-27(40-25-10-12-33(13-11-25)41(4,36)37)15-21(2)31(20)24-7-5-6-23(16-24)18-38-26-8-9-28-29(22(3)32(34)35)19-39-30(28)17-26/h5-9,14-17,22,25,29H,10-13,18-19H2,1-4H3,(H,34,35). The van der Waals surface area contributed by atoms with Crippen molar-refractivity contribution in [2.24, 2.45) is 5.92 Å². The van der Waals surface area contributed by atoms with E-state index in [1.165, 1.54) is 10.6 Å². The zero-order chi connectivity index (χ0) is 29.3. The molecule has 0 saturated carbocycles. The number of ether oxygens (including phenoxy) is 3. The van der Waals surface area contributed by atoms with Crippen molar-refractivity contribution >= 4 is 16.0 Å². The minimum Gasteiger partial charge on any atom is -0.492 e. The fraction of sp³-hybridized carbons (Fsp3) is 0.406. The third kappa shape index (κ3) is 6.52. The van der Waals surface area contributed by atoms with Gasteiger partial charge in [0.05, 0.1) is 18.8 Å². The number of carboxylic acids is 1. The molecule has 9 heteroatoms. The van der Waals surface area contributed by atoms with Crippen LogP contribution in [0.3, 0.4) is 0 Å². The molecule has 0 radical (unpaired) electrons. The van der Waals surface area contributed by atoms with Gasteiger partial charge in [-0.3, -0.25) is 4.79 Å². The van der Waals surface area contributed by atoms with E-state index in [9.17, 15) is 18.3 Å². The van der Waals surface area contributed by atoms with Crippen molar-refractivity contribution in [1.82, 2.24) is 4.31 Å². The Morgan fingerprint density at radius 3 is 2.41 bits per heavy atom. The van der Waals surface area contributed by atoms with Crippen LogP contribution in [0.5, 0.6) is 17.2 Å². The van der Waals surface area contributed by atoms with Crippen LogP contribution >= 0.6 is 0 Å². The predicted molar refractivity (Wildman–Crippen MR) is 157 cm³/mol. The van der Waals surface area contributed by atoms with Gasteiger partial charge in [-0.2, -0.15) is 0 Å². The van der Waals surface area contributed by atoms with Crippen LogP contribution in [0.15, 0.2) is 54.6 Å². The Hall–Kier alpha value is -3.56. The van der Waals surface area contributed by atoms with E-state index in [0.29, 0.717) is 50.6 Å². The molecule has 0 spiro atoms. The quantitative estimate of drug-likeness (QED) is 0.355. The summed E-state index contributed by atoms with van der Waals surface area (Å²) in [5, 5.41) is 9.38. The third-order valence-electron chi connectivity index (χ3n) is 8.10. The van der Waals surface area contributed by atoms with Crippen molar-refractivity contribution in [1.29, 1.82) is 0 Å². The first kappa shape index (κ1) is 29.0. The van der Waals surface area contributed by atoms with Crippen LogP contribution in [-0.2, 0) is 21.4 Å². The number of fused-ring (bicyclic) bond motifs is 1. The van der Waals surface area contributed by atoms with E-state index in [2.05, 4.69) is 38.1 Å². The highest BCUT2D eigenvalue weighted by Gasteiger charge is 2.33. The first-order chi connectivity index (χ1) is 19.5. The Labute approximate surface area is 241 Å². The summed E-state index contributed by atoms with van der Waals surface area (Å²) in [6.07, 6.45) is 2.60. The van der Waals surface area contributed by atoms with Crippen molar-refractivity contribution in [3.8, 4) is 28.4 Å². The van der Waals surface area contributed by atoms with E-state index in [4.69, 9.17) is 14.2 Å². The Kier molecular flexibility index (Phi) is 8.29. The molecule has 3 aromatic carbocycles. The maximum atomic E-state index is 11.8. The van der Waals surface area contributed by atoms with Crippen LogP contribution in [0, 0.1) is 19.8 Å². The number of sulfonamides is 1. The summed E-state index contributed by atoms with van der Waals surface area (Å²) in [6.45, 7) is 7.57. The summed E-state index contributed by atoms with van der Waals surface area (Å²) in [5.74, 6) is 0.659. The summed E-state index contributed by atoms with van der Waals surface area (Å²) < 4.78 is 43.2. The maximum absolute atomic E-state index is 11.8. The monoisotopic (exact) mass is 579 g/mol. The fourth-order valence-electron chi connectivity index (χ4n) is 5.80. The lowest BCUT2D eigenvalue weighted by Gasteiger charge is -2.30. The number of aryl methyl sites for hydroxylation is 2. The molecule has 5 rings (SSSR count). The number of aliphatic carboxylic acids is 1. The minimum absolute atomic E-state index is 0.00537. The van der Waals surface area contributed by atoms with Crippen molar-refractivity contribution < 1.29 is 32.5 Å². The molecule has 218 valence electrons. The van der Waals surface area contributed by atoms with Crippen LogP contribution in [0.4, 0.5) is 0 Å². The van der Waals surface area contributed by atoms with E-state index in [-0.39, 0.29) is 12.0 Å². The van der Waals surface area contributed by atoms with Crippen molar-refractivity contribution in [2.45, 2.75) is 52.2 Å². The second-order valence-electron chi connectivity index (χ2n) is 11.1. The van der Waals surface area contributed by atoms with Gasteiger partial charge in [0.1, 0.15) is 30.0 Å². The number of carboxylic acid groups (broad SMARTS) is 1. The minimum atomic E-state index is -3.16. The maximum Gasteiger partial charge on any atom is 0.306 e. The zero-order valence-corrected chi connectivity index (χ0v) is 24.7. The van der Waals surface area contributed by atoms with Crippen LogP contribution in [0.2, 0.25) is 0 Å². The lowest BCUT2D eigenvalue weighted by Crippen LogP contribution is -2.41. The Balaban J connectivity index is 1.24. The third-order valence-corrected chi connectivity index (χ3v) is 9.40. The van der Waals surface area contributed by atoms with Crippen LogP contribution in [0.25, 0.3) is 11.1 Å². The highest BCUT2D eigenvalue weighted by molar-refractivity contribution is 7.88. The molecule has 3 aromatic rings. The molecule has 1 saturated heterocycles. The lowest BCUT2D eigenvalue weighted by molar-refractivity contribution is -0.142. The van der Waals surface area contributed by atoms with Gasteiger partial charge in [-0.25, -0.2) is 12.7 Å². The van der Waals surface area contributed by atoms with Gasteiger partial charge in [0, 0.05) is 30.6 Å². The second-order valence-corrected chi connectivity index (χ2v) is 13.1. The molecule has 2 heterocycles. The molecule has 0 aromatic heterocycles. The van der Waals surface area contributed by atoms with Crippen LogP contribution in [0.1, 0.15) is 47.9 Å². The molecule has 1 N–H and O–H groups in total. The number of carbonyl (C=O) groups is 1. The van der Waals surface area contributed by atoms with Crippen LogP contribution < -0.4 is 14.2 Å². The fourth-order valence-corrected chi connectivity index (χ4v) is 6.67. The Morgan fingerprint density at radius 2 is 1.76 bits per heavy atom. The largest absolute Gasteiger partial charge is 0.492 e. The smallest absolute Gasteiger partial charge is 0.306 e. The molecule has 0 amide bonds. The average molecular weight is 580 g/mol. The summed E-state index contributed by atoms with van der Waals surface area (Å²) in [7, 11) is -3.16. The molecule has 0 aliphatic carbocycles. The average Bonchev–Trinajstić information content (AvgIpc) is 3.34. The van der Waals surface area contributed by atoms with Crippen molar-refractivity contribution in [2.75, 3.05) is 26.0 Å². The van der Waals surface area contributed by atoms with Gasteiger partial charge in [-0.1, -0.05) is 31.2 Å². The van der Waals surface area contributed by atoms with Crippen molar-refractivity contribution in [3.63, 3.8) is 0 Å². The highest BCUT2D eigenvalue weighted by atomic mass is 32.2. The van der Waals surface area contributed by atoms with Gasteiger partial charge in [-0.05, 0) is 78.8 Å². The van der Waals surface area contributed by atoms with E-state index >= 15 is 0 Å². The first-order valence-electron chi connectivity index (χ1n) is 13.9. The Bertz CT molecular complexity index is 1520. The topological polar surface area (TPSA) is 102 Å². The Morgan fingerprint density at radius 1 is 1.05 bits per heavy atom. The molecule has 0 bridgehead atoms. The molecular weight excluding hydrogens is 542 g/mol. The number of rotatable bonds is 9. The van der Waals surface area contributed by atoms with Gasteiger partial charge in [0.25, 0.3) is 0 Å². The van der Waals surface area contributed by atoms with E-state index < -0.39 is 21.9 Å². The van der Waals surface area contributed by atoms with Crippen molar-refractivity contribution in [3.05, 3.63) is 76.9 Å². The van der Waals surface area contributed by atoms with Gasteiger partial charge in [0.15, 0.2) is 0 Å². The van der Waals surface area contributed by atoms with Crippen LogP contribution in [-0.4, -0.2) is 55.9 Å². The van der Waals surface area contributed by atoms with E-state index in [1.807, 2.05) is 30.3 Å². The molecule has 2 aliphatic rings. The van der Waals surface area contributed by atoms with Gasteiger partial charge >= 0.3 is 5.97 Å². The number of nitrogens with zero attached hydrogens (tertiary/aromatic N) is 1. The summed E-state index contributed by atoms with van der Waals surface area (Å²) in [4.78, 5) is 11.4. The molecule has 1 fully saturated rings. The van der Waals surface area contributed by atoms with Gasteiger partial charge < -0.3 is 19.3 Å². The number of benzene rings is 3. The van der Waals surface area contributed by atoms with Gasteiger partial charge in [0.2, 0.25) is 10.0 Å². The molecule has 8 nitrogen and oxygen atoms in total. The number of hydrogen-bond donors (Lipinski definition) is 1. The molecule has 2 unspecified atom stereocenters.